The van der Waals surface area contributed by atoms with Crippen LogP contribution < -0.4 is 11.1 Å². The third-order valence-electron chi connectivity index (χ3n) is 4.06. The van der Waals surface area contributed by atoms with E-state index in [9.17, 15) is 4.79 Å². The highest BCUT2D eigenvalue weighted by Gasteiger charge is 2.32. The molecule has 0 aromatic heterocycles. The van der Waals surface area contributed by atoms with Crippen molar-refractivity contribution >= 4 is 5.91 Å². The number of likely N-dealkylation sites (N-methyl/N-ethyl adjacent to an activating group) is 1. The van der Waals surface area contributed by atoms with E-state index in [1.807, 2.05) is 6.92 Å². The number of likely N-dealkylation sites (tertiary alicyclic amines) is 1. The van der Waals surface area contributed by atoms with Gasteiger partial charge in [-0.05, 0) is 53.2 Å². The highest BCUT2D eigenvalue weighted by Crippen LogP contribution is 2.19. The van der Waals surface area contributed by atoms with Gasteiger partial charge in [-0.25, -0.2) is 0 Å². The Labute approximate surface area is 105 Å². The number of hydrogen-bond donors (Lipinski definition) is 2. The summed E-state index contributed by atoms with van der Waals surface area (Å²) >= 11 is 0. The fourth-order valence-corrected chi connectivity index (χ4v) is 2.58. The van der Waals surface area contributed by atoms with Crippen molar-refractivity contribution in [3.05, 3.63) is 0 Å². The van der Waals surface area contributed by atoms with Gasteiger partial charge in [0.2, 0.25) is 5.91 Å². The maximum atomic E-state index is 11.5. The number of nitrogens with one attached hydrogen (secondary N) is 1. The lowest BCUT2D eigenvalue weighted by atomic mass is 9.92. The van der Waals surface area contributed by atoms with Gasteiger partial charge in [-0.3, -0.25) is 4.79 Å². The molecule has 1 saturated heterocycles. The third kappa shape index (κ3) is 3.96. The van der Waals surface area contributed by atoms with E-state index in [1.165, 1.54) is 25.7 Å². The lowest BCUT2D eigenvalue weighted by molar-refractivity contribution is -0.124. The molecule has 4 nitrogen and oxygen atoms in total. The van der Waals surface area contributed by atoms with Gasteiger partial charge >= 0.3 is 0 Å². The number of nitrogens with two attached hydrogens (primary N) is 1. The van der Waals surface area contributed by atoms with Gasteiger partial charge in [0, 0.05) is 6.04 Å². The van der Waals surface area contributed by atoms with Crippen LogP contribution in [0.25, 0.3) is 0 Å². The molecule has 1 aliphatic heterocycles. The summed E-state index contributed by atoms with van der Waals surface area (Å²) in [5, 5.41) is 3.06. The summed E-state index contributed by atoms with van der Waals surface area (Å²) in [4.78, 5) is 14.0. The Balaban J connectivity index is 2.56. The summed E-state index contributed by atoms with van der Waals surface area (Å²) < 4.78 is 0. The first kappa shape index (κ1) is 14.5. The molecule has 0 aromatic carbocycles. The number of rotatable bonds is 5. The van der Waals surface area contributed by atoms with Crippen LogP contribution in [0.2, 0.25) is 0 Å². The summed E-state index contributed by atoms with van der Waals surface area (Å²) in [5.74, 6) is -0.262. The molecule has 4 heteroatoms. The molecule has 2 atom stereocenters. The van der Waals surface area contributed by atoms with Crippen molar-refractivity contribution in [2.24, 2.45) is 5.73 Å². The molecule has 1 heterocycles. The van der Waals surface area contributed by atoms with Crippen LogP contribution >= 0.6 is 0 Å². The van der Waals surface area contributed by atoms with Crippen LogP contribution in [0.15, 0.2) is 0 Å². The second-order valence-corrected chi connectivity index (χ2v) is 5.45. The first-order valence-corrected chi connectivity index (χ1v) is 6.72. The van der Waals surface area contributed by atoms with Crippen molar-refractivity contribution in [1.29, 1.82) is 0 Å². The van der Waals surface area contributed by atoms with Crippen molar-refractivity contribution in [1.82, 2.24) is 10.2 Å². The van der Waals surface area contributed by atoms with Gasteiger partial charge in [-0.15, -0.1) is 0 Å². The van der Waals surface area contributed by atoms with Crippen LogP contribution in [0.4, 0.5) is 0 Å². The Kier molecular flexibility index (Phi) is 5.40. The SMILES string of the molecule is CNC(C)(CC(C)N1CCCCCC1)C(N)=O. The predicted octanol–water partition coefficient (Wildman–Crippen LogP) is 1.10. The molecule has 1 rings (SSSR count). The van der Waals surface area contributed by atoms with Gasteiger partial charge in [0.05, 0.1) is 5.54 Å². The molecule has 0 saturated carbocycles. The lowest BCUT2D eigenvalue weighted by Gasteiger charge is -2.34. The maximum absolute atomic E-state index is 11.5. The molecular weight excluding hydrogens is 214 g/mol. The van der Waals surface area contributed by atoms with Crippen LogP contribution in [-0.2, 0) is 4.79 Å². The largest absolute Gasteiger partial charge is 0.368 e. The standard InChI is InChI=1S/C13H27N3O/c1-11(10-13(2,15-3)12(14)17)16-8-6-4-5-7-9-16/h11,15H,4-10H2,1-3H3,(H2,14,17). The zero-order chi connectivity index (χ0) is 12.9. The molecule has 1 fully saturated rings. The Morgan fingerprint density at radius 2 is 1.88 bits per heavy atom. The second-order valence-electron chi connectivity index (χ2n) is 5.45. The van der Waals surface area contributed by atoms with E-state index in [2.05, 4.69) is 17.1 Å². The molecule has 0 spiro atoms. The molecule has 0 radical (unpaired) electrons. The molecule has 0 aromatic rings. The van der Waals surface area contributed by atoms with Crippen LogP contribution in [0.1, 0.15) is 46.0 Å². The molecule has 1 amide bonds. The van der Waals surface area contributed by atoms with Gasteiger partial charge in [0.25, 0.3) is 0 Å². The van der Waals surface area contributed by atoms with Crippen molar-refractivity contribution in [3.63, 3.8) is 0 Å². The maximum Gasteiger partial charge on any atom is 0.237 e. The first-order valence-electron chi connectivity index (χ1n) is 6.72. The zero-order valence-electron chi connectivity index (χ0n) is 11.5. The van der Waals surface area contributed by atoms with Crippen LogP contribution in [0.3, 0.4) is 0 Å². The summed E-state index contributed by atoms with van der Waals surface area (Å²) in [5.41, 5.74) is 4.88. The molecule has 1 aliphatic rings. The second kappa shape index (κ2) is 6.36. The Morgan fingerprint density at radius 3 is 2.29 bits per heavy atom. The van der Waals surface area contributed by atoms with Gasteiger partial charge in [0.1, 0.15) is 0 Å². The monoisotopic (exact) mass is 241 g/mol. The van der Waals surface area contributed by atoms with Crippen LogP contribution in [-0.4, -0.2) is 42.5 Å². The lowest BCUT2D eigenvalue weighted by Crippen LogP contribution is -2.55. The van der Waals surface area contributed by atoms with Gasteiger partial charge in [-0.1, -0.05) is 12.8 Å². The third-order valence-corrected chi connectivity index (χ3v) is 4.06. The Morgan fingerprint density at radius 1 is 1.35 bits per heavy atom. The van der Waals surface area contributed by atoms with Crippen LogP contribution in [0, 0.1) is 0 Å². The number of hydrogen-bond acceptors (Lipinski definition) is 3. The molecule has 0 bridgehead atoms. The predicted molar refractivity (Wildman–Crippen MR) is 70.8 cm³/mol. The fourth-order valence-electron chi connectivity index (χ4n) is 2.58. The van der Waals surface area contributed by atoms with Gasteiger partial charge in [-0.2, -0.15) is 0 Å². The molecule has 2 unspecified atom stereocenters. The molecule has 17 heavy (non-hydrogen) atoms. The smallest absolute Gasteiger partial charge is 0.237 e. The number of carbonyl (C=O) groups is 1. The topological polar surface area (TPSA) is 58.4 Å². The van der Waals surface area contributed by atoms with Crippen molar-refractivity contribution in [2.45, 2.75) is 57.5 Å². The molecule has 3 N–H and O–H groups in total. The summed E-state index contributed by atoms with van der Waals surface area (Å²) in [7, 11) is 1.81. The van der Waals surface area contributed by atoms with Crippen molar-refractivity contribution in [3.8, 4) is 0 Å². The minimum absolute atomic E-state index is 0.262. The zero-order valence-corrected chi connectivity index (χ0v) is 11.5. The quantitative estimate of drug-likeness (QED) is 0.758. The minimum atomic E-state index is -0.592. The van der Waals surface area contributed by atoms with E-state index in [0.717, 1.165) is 19.5 Å². The van der Waals surface area contributed by atoms with E-state index in [0.29, 0.717) is 6.04 Å². The van der Waals surface area contributed by atoms with Gasteiger partial charge < -0.3 is 16.0 Å². The van der Waals surface area contributed by atoms with Crippen LogP contribution in [0.5, 0.6) is 0 Å². The average molecular weight is 241 g/mol. The number of carbonyl (C=O) groups excluding carboxylic acids is 1. The fraction of sp³-hybridized carbons (Fsp3) is 0.923. The number of nitrogens with zero attached hydrogens (tertiary/aromatic N) is 1. The summed E-state index contributed by atoms with van der Waals surface area (Å²) in [6.45, 7) is 6.40. The minimum Gasteiger partial charge on any atom is -0.368 e. The van der Waals surface area contributed by atoms with E-state index in [-0.39, 0.29) is 5.91 Å². The highest BCUT2D eigenvalue weighted by molar-refractivity contribution is 5.84. The summed E-state index contributed by atoms with van der Waals surface area (Å²) in [6, 6.07) is 0.401. The van der Waals surface area contributed by atoms with Crippen molar-refractivity contribution < 1.29 is 4.79 Å². The van der Waals surface area contributed by atoms with E-state index in [4.69, 9.17) is 5.73 Å². The molecule has 100 valence electrons. The first-order chi connectivity index (χ1) is 7.99. The van der Waals surface area contributed by atoms with Gasteiger partial charge in [0.15, 0.2) is 0 Å². The normalized spacial score (nSPS) is 23.7. The highest BCUT2D eigenvalue weighted by atomic mass is 16.1. The summed E-state index contributed by atoms with van der Waals surface area (Å²) in [6.07, 6.45) is 6.00. The Bertz CT molecular complexity index is 249. The average Bonchev–Trinajstić information content (AvgIpc) is 2.57. The Hall–Kier alpha value is -0.610. The number of amides is 1. The number of primary amides is 1. The van der Waals surface area contributed by atoms with E-state index in [1.54, 1.807) is 7.05 Å². The molecule has 0 aliphatic carbocycles. The van der Waals surface area contributed by atoms with E-state index < -0.39 is 5.54 Å². The van der Waals surface area contributed by atoms with E-state index >= 15 is 0 Å². The molecular formula is C13H27N3O. The van der Waals surface area contributed by atoms with Crippen molar-refractivity contribution in [2.75, 3.05) is 20.1 Å².